The number of amides is 1. The average molecular weight is 227 g/mol. The third-order valence-electron chi connectivity index (χ3n) is 1.90. The fourth-order valence-electron chi connectivity index (χ4n) is 1.13. The van der Waals surface area contributed by atoms with E-state index in [1.807, 2.05) is 0 Å². The Hall–Kier alpha value is -1.89. The lowest BCUT2D eigenvalue weighted by Crippen LogP contribution is -2.42. The molecule has 16 heavy (non-hydrogen) atoms. The molecule has 7 heteroatoms. The maximum Gasteiger partial charge on any atom is 0.306 e. The van der Waals surface area contributed by atoms with Crippen LogP contribution in [0.4, 0.5) is 0 Å². The molecule has 7 nitrogen and oxygen atoms in total. The van der Waals surface area contributed by atoms with Crippen LogP contribution in [0.2, 0.25) is 0 Å². The third-order valence-corrected chi connectivity index (χ3v) is 1.90. The summed E-state index contributed by atoms with van der Waals surface area (Å²) in [5.74, 6) is -1.57. The van der Waals surface area contributed by atoms with Crippen LogP contribution in [0, 0.1) is 0 Å². The summed E-state index contributed by atoms with van der Waals surface area (Å²) in [5.41, 5.74) is -1.22. The molecule has 1 amide bonds. The summed E-state index contributed by atoms with van der Waals surface area (Å²) in [6, 6.07) is 0. The molecule has 1 unspecified atom stereocenters. The molecular weight excluding hydrogens is 214 g/mol. The van der Waals surface area contributed by atoms with E-state index in [1.165, 1.54) is 19.4 Å². The van der Waals surface area contributed by atoms with Crippen molar-refractivity contribution in [1.29, 1.82) is 0 Å². The molecule has 0 aromatic carbocycles. The van der Waals surface area contributed by atoms with Gasteiger partial charge in [0.15, 0.2) is 0 Å². The number of H-pyrrole nitrogens is 1. The van der Waals surface area contributed by atoms with E-state index in [4.69, 9.17) is 5.11 Å². The minimum absolute atomic E-state index is 0.142. The van der Waals surface area contributed by atoms with Gasteiger partial charge in [-0.1, -0.05) is 0 Å². The molecule has 1 rings (SSSR count). The summed E-state index contributed by atoms with van der Waals surface area (Å²) >= 11 is 0. The summed E-state index contributed by atoms with van der Waals surface area (Å²) in [7, 11) is 0. The molecule has 1 aromatic heterocycles. The van der Waals surface area contributed by atoms with Gasteiger partial charge in [0.25, 0.3) is 5.91 Å². The van der Waals surface area contributed by atoms with Gasteiger partial charge in [0.05, 0.1) is 24.5 Å². The molecule has 4 N–H and O–H groups in total. The quantitative estimate of drug-likeness (QED) is 0.534. The second-order valence-electron chi connectivity index (χ2n) is 3.72. The van der Waals surface area contributed by atoms with Gasteiger partial charge in [0, 0.05) is 6.54 Å². The molecular formula is C9H13N3O4. The lowest BCUT2D eigenvalue weighted by molar-refractivity contribution is -0.141. The smallest absolute Gasteiger partial charge is 0.306 e. The Kier molecular flexibility index (Phi) is 3.62. The standard InChI is InChI=1S/C9H13N3O4/c1-9(16,2-7(13)14)4-11-8(15)6-3-10-5-12-6/h3,5,16H,2,4H2,1H3,(H,10,12)(H,11,15)(H,13,14). The Bertz CT molecular complexity index is 372. The predicted molar refractivity (Wildman–Crippen MR) is 53.8 cm³/mol. The first-order valence-electron chi connectivity index (χ1n) is 4.61. The Morgan fingerprint density at radius 3 is 2.81 bits per heavy atom. The first-order chi connectivity index (χ1) is 7.41. The van der Waals surface area contributed by atoms with Crippen LogP contribution in [0.25, 0.3) is 0 Å². The molecule has 0 fully saturated rings. The van der Waals surface area contributed by atoms with Crippen LogP contribution >= 0.6 is 0 Å². The van der Waals surface area contributed by atoms with Crippen LogP contribution in [0.1, 0.15) is 23.8 Å². The topological polar surface area (TPSA) is 115 Å². The fraction of sp³-hybridized carbons (Fsp3) is 0.444. The molecule has 1 aromatic rings. The zero-order valence-electron chi connectivity index (χ0n) is 8.73. The molecule has 1 atom stereocenters. The first-order valence-corrected chi connectivity index (χ1v) is 4.61. The van der Waals surface area contributed by atoms with E-state index in [9.17, 15) is 14.7 Å². The van der Waals surface area contributed by atoms with Crippen LogP contribution < -0.4 is 5.32 Å². The molecule has 88 valence electrons. The second kappa shape index (κ2) is 4.75. The summed E-state index contributed by atoms with van der Waals surface area (Å²) in [6.07, 6.45) is 2.25. The molecule has 0 saturated carbocycles. The number of hydrogen-bond acceptors (Lipinski definition) is 4. The number of hydrogen-bond donors (Lipinski definition) is 4. The van der Waals surface area contributed by atoms with Crippen LogP contribution in [-0.4, -0.2) is 44.2 Å². The van der Waals surface area contributed by atoms with Crippen molar-refractivity contribution in [2.75, 3.05) is 6.54 Å². The summed E-state index contributed by atoms with van der Waals surface area (Å²) in [5, 5.41) is 20.5. The van der Waals surface area contributed by atoms with Gasteiger partial charge in [-0.3, -0.25) is 9.59 Å². The number of aromatic amines is 1. The summed E-state index contributed by atoms with van der Waals surface area (Å²) in [6.45, 7) is 1.20. The van der Waals surface area contributed by atoms with Crippen molar-refractivity contribution < 1.29 is 19.8 Å². The van der Waals surface area contributed by atoms with Gasteiger partial charge in [0.1, 0.15) is 5.69 Å². The second-order valence-corrected chi connectivity index (χ2v) is 3.72. The zero-order chi connectivity index (χ0) is 12.2. The van der Waals surface area contributed by atoms with Gasteiger partial charge < -0.3 is 20.5 Å². The highest BCUT2D eigenvalue weighted by atomic mass is 16.4. The van der Waals surface area contributed by atoms with Crippen LogP contribution in [0.3, 0.4) is 0 Å². The van der Waals surface area contributed by atoms with E-state index < -0.39 is 23.9 Å². The monoisotopic (exact) mass is 227 g/mol. The number of carboxylic acids is 1. The minimum atomic E-state index is -1.47. The molecule has 0 aliphatic rings. The van der Waals surface area contributed by atoms with Crippen molar-refractivity contribution in [2.45, 2.75) is 18.9 Å². The highest BCUT2D eigenvalue weighted by Gasteiger charge is 2.25. The van der Waals surface area contributed by atoms with Crippen LogP contribution in [0.5, 0.6) is 0 Å². The largest absolute Gasteiger partial charge is 0.481 e. The lowest BCUT2D eigenvalue weighted by atomic mass is 10.0. The van der Waals surface area contributed by atoms with Crippen LogP contribution in [0.15, 0.2) is 12.5 Å². The van der Waals surface area contributed by atoms with Crippen molar-refractivity contribution in [3.8, 4) is 0 Å². The third kappa shape index (κ3) is 3.70. The SMILES string of the molecule is CC(O)(CNC(=O)c1cnc[nH]1)CC(=O)O. The Morgan fingerprint density at radius 2 is 2.31 bits per heavy atom. The van der Waals surface area contributed by atoms with Gasteiger partial charge in [0.2, 0.25) is 0 Å². The highest BCUT2D eigenvalue weighted by Crippen LogP contribution is 2.07. The van der Waals surface area contributed by atoms with E-state index in [0.717, 1.165) is 0 Å². The Balaban J connectivity index is 2.45. The van der Waals surface area contributed by atoms with E-state index in [1.54, 1.807) is 0 Å². The average Bonchev–Trinajstić information content (AvgIpc) is 2.64. The van der Waals surface area contributed by atoms with Gasteiger partial charge in [-0.25, -0.2) is 4.98 Å². The maximum atomic E-state index is 11.4. The van der Waals surface area contributed by atoms with Crippen molar-refractivity contribution >= 4 is 11.9 Å². The normalized spacial score (nSPS) is 14.1. The van der Waals surface area contributed by atoms with E-state index >= 15 is 0 Å². The van der Waals surface area contributed by atoms with Gasteiger partial charge in [-0.2, -0.15) is 0 Å². The minimum Gasteiger partial charge on any atom is -0.481 e. The molecule has 0 saturated heterocycles. The molecule has 0 radical (unpaired) electrons. The molecule has 0 aliphatic carbocycles. The van der Waals surface area contributed by atoms with Crippen molar-refractivity contribution in [3.05, 3.63) is 18.2 Å². The van der Waals surface area contributed by atoms with Gasteiger partial charge in [-0.15, -0.1) is 0 Å². The Morgan fingerprint density at radius 1 is 1.62 bits per heavy atom. The number of nitrogens with one attached hydrogen (secondary N) is 2. The molecule has 0 bridgehead atoms. The fourth-order valence-corrected chi connectivity index (χ4v) is 1.13. The van der Waals surface area contributed by atoms with Gasteiger partial charge in [-0.05, 0) is 6.92 Å². The number of carbonyl (C=O) groups is 2. The summed E-state index contributed by atoms with van der Waals surface area (Å²) in [4.78, 5) is 28.1. The predicted octanol–water partition coefficient (Wildman–Crippen LogP) is -0.635. The lowest BCUT2D eigenvalue weighted by Gasteiger charge is -2.21. The van der Waals surface area contributed by atoms with Crippen molar-refractivity contribution in [2.24, 2.45) is 0 Å². The number of nitrogens with zero attached hydrogens (tertiary/aromatic N) is 1. The van der Waals surface area contributed by atoms with Gasteiger partial charge >= 0.3 is 5.97 Å². The number of aliphatic carboxylic acids is 1. The maximum absolute atomic E-state index is 11.4. The number of rotatable bonds is 5. The number of aliphatic hydroxyl groups is 1. The number of carbonyl (C=O) groups excluding carboxylic acids is 1. The molecule has 0 aliphatic heterocycles. The van der Waals surface area contributed by atoms with E-state index in [-0.39, 0.29) is 12.2 Å². The van der Waals surface area contributed by atoms with Crippen molar-refractivity contribution in [1.82, 2.24) is 15.3 Å². The highest BCUT2D eigenvalue weighted by molar-refractivity contribution is 5.92. The van der Waals surface area contributed by atoms with Crippen LogP contribution in [-0.2, 0) is 4.79 Å². The summed E-state index contributed by atoms with van der Waals surface area (Å²) < 4.78 is 0. The number of carboxylic acid groups (broad SMARTS) is 1. The van der Waals surface area contributed by atoms with E-state index in [0.29, 0.717) is 0 Å². The molecule has 1 heterocycles. The first kappa shape index (κ1) is 12.2. The zero-order valence-corrected chi connectivity index (χ0v) is 8.73. The number of imidazole rings is 1. The van der Waals surface area contributed by atoms with E-state index in [2.05, 4.69) is 15.3 Å². The molecule has 0 spiro atoms. The Labute approximate surface area is 91.5 Å². The van der Waals surface area contributed by atoms with Crippen molar-refractivity contribution in [3.63, 3.8) is 0 Å². The number of aromatic nitrogens is 2.